The van der Waals surface area contributed by atoms with E-state index in [1.165, 1.54) is 19.0 Å². The van der Waals surface area contributed by atoms with Gasteiger partial charge in [0.25, 0.3) is 11.8 Å². The minimum Gasteiger partial charge on any atom is -0.355 e. The first-order chi connectivity index (χ1) is 15.1. The molecule has 1 aromatic carbocycles. The Morgan fingerprint density at radius 2 is 1.55 bits per heavy atom. The van der Waals surface area contributed by atoms with E-state index >= 15 is 0 Å². The van der Waals surface area contributed by atoms with Gasteiger partial charge in [-0.05, 0) is 37.2 Å². The second kappa shape index (κ2) is 9.50. The molecule has 2 aliphatic rings. The fourth-order valence-corrected chi connectivity index (χ4v) is 4.95. The van der Waals surface area contributed by atoms with E-state index < -0.39 is 11.3 Å². The van der Waals surface area contributed by atoms with Gasteiger partial charge in [-0.25, -0.2) is 0 Å². The van der Waals surface area contributed by atoms with E-state index in [9.17, 15) is 14.4 Å². The summed E-state index contributed by atoms with van der Waals surface area (Å²) in [4.78, 5) is 40.5. The average molecular weight is 422 g/mol. The molecule has 2 amide bonds. The third-order valence-corrected chi connectivity index (χ3v) is 6.80. The van der Waals surface area contributed by atoms with Gasteiger partial charge in [0.05, 0.1) is 0 Å². The number of carbonyl (C=O) groups is 2. The maximum Gasteiger partial charge on any atom is 0.259 e. The third-order valence-electron chi connectivity index (χ3n) is 6.80. The molecule has 1 N–H and O–H groups in total. The van der Waals surface area contributed by atoms with E-state index in [0.717, 1.165) is 38.5 Å². The fraction of sp³-hybridized carbons (Fsp3) is 0.480. The average Bonchev–Trinajstić information content (AvgIpc) is 2.84. The lowest BCUT2D eigenvalue weighted by atomic mass is 9.89. The molecule has 0 radical (unpaired) electrons. The Morgan fingerprint density at radius 1 is 0.903 bits per heavy atom. The largest absolute Gasteiger partial charge is 0.355 e. The molecule has 1 aliphatic carbocycles. The molecule has 6 nitrogen and oxygen atoms in total. The molecule has 0 bridgehead atoms. The lowest BCUT2D eigenvalue weighted by molar-refractivity contribution is 0.0710. The molecule has 6 heteroatoms. The van der Waals surface area contributed by atoms with Crippen LogP contribution in [-0.2, 0) is 0 Å². The molecule has 4 rings (SSSR count). The fourth-order valence-electron chi connectivity index (χ4n) is 4.95. The summed E-state index contributed by atoms with van der Waals surface area (Å²) in [5.74, 6) is -0.264. The van der Waals surface area contributed by atoms with E-state index in [0.29, 0.717) is 19.0 Å². The Hall–Kier alpha value is -2.89. The maximum atomic E-state index is 13.3. The van der Waals surface area contributed by atoms with Gasteiger partial charge in [-0.2, -0.15) is 0 Å². The summed E-state index contributed by atoms with van der Waals surface area (Å²) in [6.45, 7) is 1.23. The second-order valence-corrected chi connectivity index (χ2v) is 8.71. The first-order valence-corrected chi connectivity index (χ1v) is 11.4. The minimum atomic E-state index is -0.471. The summed E-state index contributed by atoms with van der Waals surface area (Å²) in [5, 5.41) is 2.54. The van der Waals surface area contributed by atoms with Gasteiger partial charge in [-0.3, -0.25) is 14.4 Å². The van der Waals surface area contributed by atoms with Gasteiger partial charge < -0.3 is 14.8 Å². The van der Waals surface area contributed by atoms with Gasteiger partial charge in [-0.1, -0.05) is 49.6 Å². The number of hydrogen-bond donors (Lipinski definition) is 1. The van der Waals surface area contributed by atoms with Crippen LogP contribution in [0.4, 0.5) is 0 Å². The maximum absolute atomic E-state index is 13.3. The van der Waals surface area contributed by atoms with Crippen molar-refractivity contribution < 1.29 is 9.59 Å². The van der Waals surface area contributed by atoms with Gasteiger partial charge in [0.1, 0.15) is 11.1 Å². The Bertz CT molecular complexity index is 985. The summed E-state index contributed by atoms with van der Waals surface area (Å²) < 4.78 is 1.94. The van der Waals surface area contributed by atoms with Crippen LogP contribution in [0.3, 0.4) is 0 Å². The van der Waals surface area contributed by atoms with Gasteiger partial charge in [0.15, 0.2) is 0 Å². The molecule has 1 saturated heterocycles. The van der Waals surface area contributed by atoms with E-state index in [2.05, 4.69) is 17.4 Å². The number of carbonyl (C=O) groups excluding carboxylic acids is 2. The van der Waals surface area contributed by atoms with E-state index in [4.69, 9.17) is 0 Å². The van der Waals surface area contributed by atoms with Crippen molar-refractivity contribution >= 4 is 11.8 Å². The second-order valence-electron chi connectivity index (χ2n) is 8.71. The molecule has 0 spiro atoms. The topological polar surface area (TPSA) is 71.4 Å². The van der Waals surface area contributed by atoms with Crippen molar-refractivity contribution in [3.05, 3.63) is 69.6 Å². The third kappa shape index (κ3) is 4.58. The SMILES string of the molecule is CNC(=O)c1cn(C2CCCCC2)cc(C(=O)N2CCC(c3ccccc3)CC2)c1=O. The molecule has 2 heterocycles. The van der Waals surface area contributed by atoms with Crippen LogP contribution in [0.5, 0.6) is 0 Å². The molecule has 2 fully saturated rings. The predicted molar refractivity (Wildman–Crippen MR) is 121 cm³/mol. The molecule has 0 atom stereocenters. The van der Waals surface area contributed by atoms with Crippen LogP contribution in [0.15, 0.2) is 47.5 Å². The van der Waals surface area contributed by atoms with E-state index in [1.807, 2.05) is 22.8 Å². The quantitative estimate of drug-likeness (QED) is 0.818. The van der Waals surface area contributed by atoms with Crippen molar-refractivity contribution in [1.82, 2.24) is 14.8 Å². The molecular weight excluding hydrogens is 390 g/mol. The molecule has 1 aromatic heterocycles. The van der Waals surface area contributed by atoms with Gasteiger partial charge >= 0.3 is 0 Å². The predicted octanol–water partition coefficient (Wildman–Crippen LogP) is 3.73. The Balaban J connectivity index is 1.58. The number of amides is 2. The van der Waals surface area contributed by atoms with Gasteiger partial charge in [0.2, 0.25) is 5.43 Å². The van der Waals surface area contributed by atoms with Crippen molar-refractivity contribution in [2.24, 2.45) is 0 Å². The summed E-state index contributed by atoms with van der Waals surface area (Å²) in [6.07, 6.45) is 10.6. The van der Waals surface area contributed by atoms with Gasteiger partial charge in [0, 0.05) is 38.6 Å². The zero-order valence-electron chi connectivity index (χ0n) is 18.2. The van der Waals surface area contributed by atoms with Crippen molar-refractivity contribution in [1.29, 1.82) is 0 Å². The molecule has 1 saturated carbocycles. The zero-order chi connectivity index (χ0) is 21.8. The van der Waals surface area contributed by atoms with Crippen LogP contribution in [0.2, 0.25) is 0 Å². The number of piperidine rings is 1. The normalized spacial score (nSPS) is 18.0. The first kappa shape index (κ1) is 21.3. The Kier molecular flexibility index (Phi) is 6.54. The van der Waals surface area contributed by atoms with E-state index in [1.54, 1.807) is 17.3 Å². The molecule has 1 aliphatic heterocycles. The van der Waals surface area contributed by atoms with Crippen LogP contribution in [0, 0.1) is 0 Å². The van der Waals surface area contributed by atoms with Crippen molar-refractivity contribution in [2.75, 3.05) is 20.1 Å². The first-order valence-electron chi connectivity index (χ1n) is 11.4. The van der Waals surface area contributed by atoms with Crippen LogP contribution in [0.1, 0.15) is 83.2 Å². The Morgan fingerprint density at radius 3 is 2.19 bits per heavy atom. The highest BCUT2D eigenvalue weighted by Crippen LogP contribution is 2.30. The molecule has 0 unspecified atom stereocenters. The van der Waals surface area contributed by atoms with Crippen molar-refractivity contribution in [3.8, 4) is 0 Å². The number of likely N-dealkylation sites (tertiary alicyclic amines) is 1. The number of rotatable bonds is 4. The number of nitrogens with zero attached hydrogens (tertiary/aromatic N) is 2. The highest BCUT2D eigenvalue weighted by molar-refractivity contribution is 5.99. The number of benzene rings is 1. The van der Waals surface area contributed by atoms with Crippen LogP contribution in [0.25, 0.3) is 0 Å². The van der Waals surface area contributed by atoms with Crippen LogP contribution >= 0.6 is 0 Å². The van der Waals surface area contributed by atoms with Crippen LogP contribution < -0.4 is 10.7 Å². The summed E-state index contributed by atoms with van der Waals surface area (Å²) in [7, 11) is 1.51. The van der Waals surface area contributed by atoms with Gasteiger partial charge in [-0.15, -0.1) is 0 Å². The smallest absolute Gasteiger partial charge is 0.259 e. The number of nitrogens with one attached hydrogen (secondary N) is 1. The lowest BCUT2D eigenvalue weighted by Gasteiger charge is -2.32. The molecule has 31 heavy (non-hydrogen) atoms. The molecule has 164 valence electrons. The minimum absolute atomic E-state index is 0.0538. The van der Waals surface area contributed by atoms with Crippen molar-refractivity contribution in [3.63, 3.8) is 0 Å². The number of pyridine rings is 1. The summed E-state index contributed by atoms with van der Waals surface area (Å²) in [5.41, 5.74) is 1.00. The summed E-state index contributed by atoms with van der Waals surface area (Å²) in [6, 6.07) is 10.6. The number of hydrogen-bond acceptors (Lipinski definition) is 3. The number of aromatic nitrogens is 1. The lowest BCUT2D eigenvalue weighted by Crippen LogP contribution is -2.41. The van der Waals surface area contributed by atoms with E-state index in [-0.39, 0.29) is 23.1 Å². The Labute approximate surface area is 183 Å². The summed E-state index contributed by atoms with van der Waals surface area (Å²) >= 11 is 0. The van der Waals surface area contributed by atoms with Crippen LogP contribution in [-0.4, -0.2) is 41.4 Å². The molecular formula is C25H31N3O3. The molecule has 2 aromatic rings. The monoisotopic (exact) mass is 421 g/mol. The highest BCUT2D eigenvalue weighted by atomic mass is 16.2. The highest BCUT2D eigenvalue weighted by Gasteiger charge is 2.28. The van der Waals surface area contributed by atoms with Crippen molar-refractivity contribution in [2.45, 2.75) is 56.9 Å². The standard InChI is InChI=1S/C25H31N3O3/c1-26-24(30)21-16-28(20-10-6-3-7-11-20)17-22(23(21)29)25(31)27-14-12-19(13-15-27)18-8-4-2-5-9-18/h2,4-5,8-9,16-17,19-20H,3,6-7,10-15H2,1H3,(H,26,30). The zero-order valence-corrected chi connectivity index (χ0v) is 18.2.